The normalized spacial score (nSPS) is 11.5. The van der Waals surface area contributed by atoms with Crippen LogP contribution in [-0.2, 0) is 16.5 Å². The van der Waals surface area contributed by atoms with Gasteiger partial charge in [0.05, 0.1) is 0 Å². The fourth-order valence-electron chi connectivity index (χ4n) is 5.42. The van der Waals surface area contributed by atoms with Crippen molar-refractivity contribution in [2.45, 2.75) is 0 Å². The first kappa shape index (κ1) is 34.9. The molecule has 0 aliphatic heterocycles. The minimum absolute atomic E-state index is 1.01. The Morgan fingerprint density at radius 3 is 0.588 bits per heavy atom. The molecule has 0 aromatic heterocycles. The second-order valence-electron chi connectivity index (χ2n) is 11.5. The van der Waals surface area contributed by atoms with Crippen molar-refractivity contribution >= 4 is 82.2 Å². The van der Waals surface area contributed by atoms with Gasteiger partial charge < -0.3 is 16.5 Å². The Balaban J connectivity index is 1.28. The maximum atomic E-state index is 7.28. The smallest absolute Gasteiger partial charge is 0.405 e. The standard InChI is InChI=1S/C42H35O4Si5/c1-8-22-36(23-9-1)47(37-24-10-2-11-25-37)43-49(40-30-16-5-17-31-40)45-51(42-34-20-7-21-35-42)46-50(41-32-18-6-19-33-41)44-48(38-26-12-3-13-27-38)39-28-14-4-15-29-39/h1-35H. The summed E-state index contributed by atoms with van der Waals surface area (Å²) in [4.78, 5) is 0. The van der Waals surface area contributed by atoms with Gasteiger partial charge in [-0.15, -0.1) is 0 Å². The Bertz CT molecular complexity index is 1810. The Kier molecular flexibility index (Phi) is 12.4. The van der Waals surface area contributed by atoms with E-state index in [1.165, 1.54) is 20.7 Å². The highest BCUT2D eigenvalue weighted by molar-refractivity contribution is 6.90. The quantitative estimate of drug-likeness (QED) is 0.150. The van der Waals surface area contributed by atoms with E-state index in [0.717, 1.165) is 15.6 Å². The number of rotatable bonds is 15. The summed E-state index contributed by atoms with van der Waals surface area (Å²) < 4.78 is 29.1. The van der Waals surface area contributed by atoms with Crippen molar-refractivity contribution in [1.29, 1.82) is 0 Å². The Labute approximate surface area is 309 Å². The van der Waals surface area contributed by atoms with Gasteiger partial charge in [-0.25, -0.2) is 0 Å². The number of benzene rings is 7. The monoisotopic (exact) mass is 743 g/mol. The fourth-order valence-corrected chi connectivity index (χ4v) is 18.6. The highest BCUT2D eigenvalue weighted by Gasteiger charge is 2.38. The molecule has 5 radical (unpaired) electrons. The summed E-state index contributed by atoms with van der Waals surface area (Å²) in [5, 5.41) is 7.74. The molecule has 0 heterocycles. The van der Waals surface area contributed by atoms with Gasteiger partial charge in [-0.2, -0.15) is 0 Å². The summed E-state index contributed by atoms with van der Waals surface area (Å²) in [6, 6.07) is 73.1. The van der Waals surface area contributed by atoms with Crippen LogP contribution in [0.5, 0.6) is 0 Å². The van der Waals surface area contributed by atoms with Gasteiger partial charge in [0.15, 0.2) is 0 Å². The molecular weight excluding hydrogens is 709 g/mol. The molecule has 7 aromatic carbocycles. The van der Waals surface area contributed by atoms with Gasteiger partial charge in [-0.1, -0.05) is 212 Å². The molecule has 0 amide bonds. The van der Waals surface area contributed by atoms with Gasteiger partial charge in [0, 0.05) is 0 Å². The van der Waals surface area contributed by atoms with Crippen LogP contribution >= 0.6 is 0 Å². The van der Waals surface area contributed by atoms with Gasteiger partial charge >= 0.3 is 27.9 Å². The lowest BCUT2D eigenvalue weighted by molar-refractivity contribution is 0.370. The van der Waals surface area contributed by atoms with Crippen LogP contribution in [0.2, 0.25) is 0 Å². The van der Waals surface area contributed by atoms with Crippen LogP contribution < -0.4 is 36.3 Å². The first-order valence-corrected chi connectivity index (χ1v) is 23.5. The highest BCUT2D eigenvalue weighted by atomic mass is 28.4. The van der Waals surface area contributed by atoms with E-state index in [-0.39, 0.29) is 0 Å². The summed E-state index contributed by atoms with van der Waals surface area (Å²) in [6.07, 6.45) is 0. The molecule has 0 saturated heterocycles. The maximum Gasteiger partial charge on any atom is 0.405 e. The first-order chi connectivity index (χ1) is 25.3. The SMILES string of the molecule is c1ccc([Si](O[Si](O[Si](c2ccccc2)c2ccccc2)c2ccccc2)O[Si](O[Si](c2ccccc2)c2ccccc2)c2ccccc2)cc1. The van der Waals surface area contributed by atoms with E-state index in [0.29, 0.717) is 0 Å². The zero-order valence-corrected chi connectivity index (χ0v) is 32.8. The van der Waals surface area contributed by atoms with Gasteiger partial charge in [0.25, 0.3) is 18.1 Å². The fraction of sp³-hybridized carbons (Fsp3) is 0. The lowest BCUT2D eigenvalue weighted by Crippen LogP contribution is -2.59. The summed E-state index contributed by atoms with van der Waals surface area (Å²) in [7, 11) is -9.68. The van der Waals surface area contributed by atoms with Gasteiger partial charge in [0.1, 0.15) is 0 Å². The van der Waals surface area contributed by atoms with Gasteiger partial charge in [-0.05, 0) is 36.3 Å². The predicted molar refractivity (Wildman–Crippen MR) is 216 cm³/mol. The van der Waals surface area contributed by atoms with Crippen LogP contribution in [0.15, 0.2) is 212 Å². The summed E-state index contributed by atoms with van der Waals surface area (Å²) >= 11 is 0. The van der Waals surface area contributed by atoms with Crippen LogP contribution in [0.3, 0.4) is 0 Å². The van der Waals surface area contributed by atoms with Crippen molar-refractivity contribution in [3.63, 3.8) is 0 Å². The molecule has 7 rings (SSSR count). The van der Waals surface area contributed by atoms with Crippen molar-refractivity contribution in [2.24, 2.45) is 0 Å². The van der Waals surface area contributed by atoms with E-state index in [1.807, 2.05) is 54.6 Å². The Hall–Kier alpha value is -4.54. The first-order valence-electron chi connectivity index (χ1n) is 16.8. The third-order valence-electron chi connectivity index (χ3n) is 7.93. The minimum Gasteiger partial charge on any atom is -0.424 e. The molecule has 4 nitrogen and oxygen atoms in total. The van der Waals surface area contributed by atoms with E-state index in [4.69, 9.17) is 16.5 Å². The minimum atomic E-state index is -2.16. The lowest BCUT2D eigenvalue weighted by Gasteiger charge is -2.29. The van der Waals surface area contributed by atoms with Crippen LogP contribution in [0, 0.1) is 0 Å². The van der Waals surface area contributed by atoms with Crippen molar-refractivity contribution in [1.82, 2.24) is 0 Å². The van der Waals surface area contributed by atoms with E-state index < -0.39 is 45.9 Å². The highest BCUT2D eigenvalue weighted by Crippen LogP contribution is 2.08. The van der Waals surface area contributed by atoms with Crippen molar-refractivity contribution in [2.75, 3.05) is 0 Å². The molecular formula is C42H35O4Si5. The molecule has 0 unspecified atom stereocenters. The number of hydrogen-bond donors (Lipinski definition) is 0. The Morgan fingerprint density at radius 2 is 0.373 bits per heavy atom. The molecule has 0 aliphatic carbocycles. The molecule has 51 heavy (non-hydrogen) atoms. The topological polar surface area (TPSA) is 36.9 Å². The second-order valence-corrected chi connectivity index (χ2v) is 21.8. The van der Waals surface area contributed by atoms with E-state index in [2.05, 4.69) is 158 Å². The molecule has 0 fully saturated rings. The zero-order chi connectivity index (χ0) is 34.5. The summed E-state index contributed by atoms with van der Waals surface area (Å²) in [5.74, 6) is 0. The largest absolute Gasteiger partial charge is 0.424 e. The molecule has 9 heteroatoms. The van der Waals surface area contributed by atoms with Crippen molar-refractivity contribution in [3.8, 4) is 0 Å². The summed E-state index contributed by atoms with van der Waals surface area (Å²) in [5.41, 5.74) is 0. The van der Waals surface area contributed by atoms with Crippen LogP contribution in [-0.4, -0.2) is 45.9 Å². The predicted octanol–water partition coefficient (Wildman–Crippen LogP) is 3.85. The number of hydrogen-bond acceptors (Lipinski definition) is 4. The molecule has 0 saturated carbocycles. The Morgan fingerprint density at radius 1 is 0.196 bits per heavy atom. The average Bonchev–Trinajstić information content (AvgIpc) is 3.22. The van der Waals surface area contributed by atoms with Crippen molar-refractivity contribution in [3.05, 3.63) is 212 Å². The maximum absolute atomic E-state index is 7.28. The van der Waals surface area contributed by atoms with Gasteiger partial charge in [0.2, 0.25) is 0 Å². The molecule has 0 N–H and O–H groups in total. The van der Waals surface area contributed by atoms with Gasteiger partial charge in [-0.3, -0.25) is 0 Å². The average molecular weight is 744 g/mol. The molecule has 247 valence electrons. The third-order valence-corrected chi connectivity index (χ3v) is 19.9. The molecule has 0 aliphatic rings. The molecule has 0 spiro atoms. The van der Waals surface area contributed by atoms with Crippen LogP contribution in [0.25, 0.3) is 0 Å². The van der Waals surface area contributed by atoms with Crippen molar-refractivity contribution < 1.29 is 16.5 Å². The third kappa shape index (κ3) is 9.42. The molecule has 7 aromatic rings. The summed E-state index contributed by atoms with van der Waals surface area (Å²) in [6.45, 7) is 0. The van der Waals surface area contributed by atoms with E-state index >= 15 is 0 Å². The zero-order valence-electron chi connectivity index (χ0n) is 27.8. The lowest BCUT2D eigenvalue weighted by atomic mass is 10.4. The van der Waals surface area contributed by atoms with E-state index in [9.17, 15) is 0 Å². The molecule has 0 atom stereocenters. The van der Waals surface area contributed by atoms with Crippen LogP contribution in [0.1, 0.15) is 0 Å². The van der Waals surface area contributed by atoms with E-state index in [1.54, 1.807) is 0 Å². The second kappa shape index (κ2) is 18.1. The molecule has 0 bridgehead atoms. The van der Waals surface area contributed by atoms with Crippen LogP contribution in [0.4, 0.5) is 0 Å².